The molecule has 0 radical (unpaired) electrons. The highest BCUT2D eigenvalue weighted by molar-refractivity contribution is 5.94. The highest BCUT2D eigenvalue weighted by Gasteiger charge is 2.20. The second-order valence-electron chi connectivity index (χ2n) is 8.97. The molecule has 0 aliphatic carbocycles. The molecule has 1 aliphatic heterocycles. The van der Waals surface area contributed by atoms with Gasteiger partial charge in [0, 0.05) is 44.1 Å². The molecule has 0 spiro atoms. The summed E-state index contributed by atoms with van der Waals surface area (Å²) in [6.45, 7) is 7.90. The molecular weight excluding hydrogens is 370 g/mol. The van der Waals surface area contributed by atoms with Gasteiger partial charge in [-0.1, -0.05) is 63.8 Å². The van der Waals surface area contributed by atoms with Gasteiger partial charge in [-0.15, -0.1) is 0 Å². The van der Waals surface area contributed by atoms with Crippen LogP contribution in [0.3, 0.4) is 0 Å². The third-order valence-corrected chi connectivity index (χ3v) is 5.80. The van der Waals surface area contributed by atoms with Gasteiger partial charge in [-0.25, -0.2) is 0 Å². The Kier molecular flexibility index (Phi) is 8.88. The lowest BCUT2D eigenvalue weighted by Crippen LogP contribution is -2.34. The Morgan fingerprint density at radius 1 is 0.967 bits per heavy atom. The van der Waals surface area contributed by atoms with Crippen molar-refractivity contribution < 1.29 is 4.79 Å². The molecule has 0 unspecified atom stereocenters. The number of pyridine rings is 1. The van der Waals surface area contributed by atoms with Crippen molar-refractivity contribution in [2.45, 2.75) is 71.9 Å². The van der Waals surface area contributed by atoms with Gasteiger partial charge in [0.05, 0.1) is 0 Å². The van der Waals surface area contributed by atoms with Crippen molar-refractivity contribution in [3.63, 3.8) is 0 Å². The third-order valence-electron chi connectivity index (χ3n) is 5.80. The Balaban J connectivity index is 1.87. The number of nitrogens with zero attached hydrogens (tertiary/aromatic N) is 3. The molecule has 1 aromatic heterocycles. The predicted octanol–water partition coefficient (Wildman–Crippen LogP) is 5.82. The number of para-hydroxylation sites is 1. The molecule has 162 valence electrons. The minimum atomic E-state index is 0.256. The summed E-state index contributed by atoms with van der Waals surface area (Å²) in [6.07, 6.45) is 11.7. The van der Waals surface area contributed by atoms with Crippen LogP contribution in [0.1, 0.15) is 69.9 Å². The molecule has 1 aliphatic rings. The molecule has 1 amide bonds. The lowest BCUT2D eigenvalue weighted by molar-refractivity contribution is -0.119. The molecule has 0 fully saturated rings. The summed E-state index contributed by atoms with van der Waals surface area (Å²) >= 11 is 0. The Hall–Kier alpha value is -2.20. The summed E-state index contributed by atoms with van der Waals surface area (Å²) in [6, 6.07) is 12.7. The molecular formula is C26H37N3O. The largest absolute Gasteiger partial charge is 0.312 e. The van der Waals surface area contributed by atoms with E-state index in [-0.39, 0.29) is 5.91 Å². The fourth-order valence-corrected chi connectivity index (χ4v) is 4.26. The van der Waals surface area contributed by atoms with E-state index in [1.165, 1.54) is 43.2 Å². The Morgan fingerprint density at radius 2 is 1.70 bits per heavy atom. The first-order valence-electron chi connectivity index (χ1n) is 11.6. The highest BCUT2D eigenvalue weighted by atomic mass is 16.2. The van der Waals surface area contributed by atoms with Crippen LogP contribution in [-0.4, -0.2) is 28.9 Å². The van der Waals surface area contributed by atoms with Crippen LogP contribution in [0, 0.1) is 5.92 Å². The second-order valence-corrected chi connectivity index (χ2v) is 8.97. The monoisotopic (exact) mass is 407 g/mol. The van der Waals surface area contributed by atoms with Crippen LogP contribution >= 0.6 is 0 Å². The average Bonchev–Trinajstić information content (AvgIpc) is 2.74. The third kappa shape index (κ3) is 6.94. The molecule has 0 saturated heterocycles. The van der Waals surface area contributed by atoms with Crippen molar-refractivity contribution in [1.82, 2.24) is 9.88 Å². The number of rotatable bonds is 4. The van der Waals surface area contributed by atoms with Gasteiger partial charge in [0.15, 0.2) is 0 Å². The molecule has 4 heteroatoms. The van der Waals surface area contributed by atoms with Crippen LogP contribution in [0.15, 0.2) is 48.8 Å². The standard InChI is InChI=1S/C26H37N3O/c1-22(2)18-26(30)29-17-10-6-4-3-5-9-16-28(20-23-12-11-15-27-19-23)21-24-13-7-8-14-25(24)29/h7-8,11-15,19,22H,3-6,9-10,16-18,20-21H2,1-2H3. The summed E-state index contributed by atoms with van der Waals surface area (Å²) in [4.78, 5) is 22.0. The normalized spacial score (nSPS) is 17.0. The summed E-state index contributed by atoms with van der Waals surface area (Å²) in [7, 11) is 0. The Labute approximate surface area is 182 Å². The zero-order valence-electron chi connectivity index (χ0n) is 18.7. The average molecular weight is 408 g/mol. The first-order valence-corrected chi connectivity index (χ1v) is 11.6. The van der Waals surface area contributed by atoms with Gasteiger partial charge in [0.2, 0.25) is 5.91 Å². The van der Waals surface area contributed by atoms with E-state index in [1.54, 1.807) is 0 Å². The second kappa shape index (κ2) is 11.8. The molecule has 4 nitrogen and oxygen atoms in total. The summed E-state index contributed by atoms with van der Waals surface area (Å²) in [5, 5.41) is 0. The topological polar surface area (TPSA) is 36.4 Å². The van der Waals surface area contributed by atoms with Crippen LogP contribution in [0.25, 0.3) is 0 Å². The molecule has 0 N–H and O–H groups in total. The number of anilines is 1. The SMILES string of the molecule is CC(C)CC(=O)N1CCCCCCCCN(Cc2cccnc2)Cc2ccccc21. The van der Waals surface area contributed by atoms with Gasteiger partial charge in [0.25, 0.3) is 0 Å². The first-order chi connectivity index (χ1) is 14.6. The number of hydrogen-bond acceptors (Lipinski definition) is 3. The van der Waals surface area contributed by atoms with Crippen LogP contribution in [-0.2, 0) is 17.9 Å². The number of benzene rings is 1. The summed E-state index contributed by atoms with van der Waals surface area (Å²) < 4.78 is 0. The number of hydrogen-bond donors (Lipinski definition) is 0. The fraction of sp³-hybridized carbons (Fsp3) is 0.538. The molecule has 0 atom stereocenters. The van der Waals surface area contributed by atoms with Gasteiger partial charge < -0.3 is 4.90 Å². The quantitative estimate of drug-likeness (QED) is 0.641. The van der Waals surface area contributed by atoms with E-state index in [2.05, 4.69) is 59.0 Å². The first kappa shape index (κ1) is 22.5. The molecule has 0 bridgehead atoms. The zero-order chi connectivity index (χ0) is 21.2. The lowest BCUT2D eigenvalue weighted by Gasteiger charge is -2.29. The molecule has 2 heterocycles. The van der Waals surface area contributed by atoms with Crippen LogP contribution in [0.4, 0.5) is 5.69 Å². The zero-order valence-corrected chi connectivity index (χ0v) is 18.7. The van der Waals surface area contributed by atoms with Crippen LogP contribution < -0.4 is 4.90 Å². The minimum Gasteiger partial charge on any atom is -0.312 e. The molecule has 1 aromatic carbocycles. The van der Waals surface area contributed by atoms with Crippen molar-refractivity contribution in [3.05, 3.63) is 59.9 Å². The van der Waals surface area contributed by atoms with E-state index in [0.29, 0.717) is 12.3 Å². The summed E-state index contributed by atoms with van der Waals surface area (Å²) in [5.41, 5.74) is 3.59. The van der Waals surface area contributed by atoms with E-state index in [9.17, 15) is 4.79 Å². The smallest absolute Gasteiger partial charge is 0.227 e. The van der Waals surface area contributed by atoms with E-state index >= 15 is 0 Å². The van der Waals surface area contributed by atoms with E-state index < -0.39 is 0 Å². The Morgan fingerprint density at radius 3 is 2.43 bits per heavy atom. The van der Waals surface area contributed by atoms with E-state index in [4.69, 9.17) is 0 Å². The number of amides is 1. The van der Waals surface area contributed by atoms with Crippen molar-refractivity contribution in [1.29, 1.82) is 0 Å². The van der Waals surface area contributed by atoms with Gasteiger partial charge in [0.1, 0.15) is 0 Å². The summed E-state index contributed by atoms with van der Waals surface area (Å²) in [5.74, 6) is 0.627. The maximum absolute atomic E-state index is 13.1. The van der Waals surface area contributed by atoms with Crippen molar-refractivity contribution in [2.24, 2.45) is 5.92 Å². The van der Waals surface area contributed by atoms with Gasteiger partial charge in [-0.05, 0) is 48.6 Å². The fourth-order valence-electron chi connectivity index (χ4n) is 4.26. The van der Waals surface area contributed by atoms with Crippen molar-refractivity contribution in [3.8, 4) is 0 Å². The molecule has 3 rings (SSSR count). The minimum absolute atomic E-state index is 0.256. The van der Waals surface area contributed by atoms with E-state index in [0.717, 1.165) is 38.3 Å². The Bertz CT molecular complexity index is 775. The van der Waals surface area contributed by atoms with Gasteiger partial charge in [-0.2, -0.15) is 0 Å². The molecule has 0 saturated carbocycles. The van der Waals surface area contributed by atoms with Gasteiger partial charge in [-0.3, -0.25) is 14.7 Å². The van der Waals surface area contributed by atoms with Crippen molar-refractivity contribution >= 4 is 11.6 Å². The van der Waals surface area contributed by atoms with E-state index in [1.807, 2.05) is 18.5 Å². The molecule has 2 aromatic rings. The predicted molar refractivity (Wildman–Crippen MR) is 124 cm³/mol. The number of aromatic nitrogens is 1. The van der Waals surface area contributed by atoms with Gasteiger partial charge >= 0.3 is 0 Å². The maximum atomic E-state index is 13.1. The number of carbonyl (C=O) groups is 1. The lowest BCUT2D eigenvalue weighted by atomic mass is 10.1. The number of carbonyl (C=O) groups excluding carboxylic acids is 1. The van der Waals surface area contributed by atoms with Crippen LogP contribution in [0.2, 0.25) is 0 Å². The molecule has 30 heavy (non-hydrogen) atoms. The van der Waals surface area contributed by atoms with Crippen LogP contribution in [0.5, 0.6) is 0 Å². The van der Waals surface area contributed by atoms with Crippen molar-refractivity contribution in [2.75, 3.05) is 18.0 Å². The maximum Gasteiger partial charge on any atom is 0.227 e. The highest BCUT2D eigenvalue weighted by Crippen LogP contribution is 2.26. The number of fused-ring (bicyclic) bond motifs is 1.